The maximum Gasteiger partial charge on any atom is 0.257 e. The molecule has 1 aromatic rings. The van der Waals surface area contributed by atoms with E-state index in [-0.39, 0.29) is 23.7 Å². The number of amides is 1. The van der Waals surface area contributed by atoms with Gasteiger partial charge in [-0.2, -0.15) is 0 Å². The standard InChI is InChI=1S/C20H31NO3/c1-13(2)15-10-17(14(3)4)19(22)18(11-15)20(23)21(5)12-16-8-6-7-9-24-16/h10-11,13-14,16,22H,6-9,12H2,1-5H3/t16-/m0/s1. The first-order valence-electron chi connectivity index (χ1n) is 9.05. The number of phenolic OH excluding ortho intramolecular Hbond substituents is 1. The molecular weight excluding hydrogens is 302 g/mol. The Morgan fingerprint density at radius 2 is 1.96 bits per heavy atom. The van der Waals surface area contributed by atoms with Crippen molar-refractivity contribution >= 4 is 5.91 Å². The summed E-state index contributed by atoms with van der Waals surface area (Å²) in [6.45, 7) is 9.62. The molecule has 1 saturated heterocycles. The molecule has 0 unspecified atom stereocenters. The van der Waals surface area contributed by atoms with E-state index in [1.807, 2.05) is 26.0 Å². The molecule has 1 aromatic carbocycles. The summed E-state index contributed by atoms with van der Waals surface area (Å²) in [6.07, 6.45) is 3.35. The molecule has 0 bridgehead atoms. The van der Waals surface area contributed by atoms with Crippen LogP contribution in [0.25, 0.3) is 0 Å². The monoisotopic (exact) mass is 333 g/mol. The zero-order chi connectivity index (χ0) is 17.9. The molecule has 1 fully saturated rings. The van der Waals surface area contributed by atoms with Crippen molar-refractivity contribution in [2.45, 2.75) is 64.9 Å². The number of rotatable bonds is 5. The van der Waals surface area contributed by atoms with E-state index in [1.165, 1.54) is 0 Å². The van der Waals surface area contributed by atoms with Gasteiger partial charge in [-0.05, 0) is 48.3 Å². The molecule has 1 N–H and O–H groups in total. The molecule has 134 valence electrons. The fourth-order valence-corrected chi connectivity index (χ4v) is 3.16. The highest BCUT2D eigenvalue weighted by atomic mass is 16.5. The molecule has 4 nitrogen and oxygen atoms in total. The zero-order valence-electron chi connectivity index (χ0n) is 15.6. The molecule has 1 aliphatic heterocycles. The van der Waals surface area contributed by atoms with Gasteiger partial charge in [0, 0.05) is 20.2 Å². The number of phenols is 1. The van der Waals surface area contributed by atoms with Crippen LogP contribution in [0.1, 0.15) is 80.3 Å². The number of nitrogens with zero attached hydrogens (tertiary/aromatic N) is 1. The van der Waals surface area contributed by atoms with Crippen LogP contribution in [-0.2, 0) is 4.74 Å². The second kappa shape index (κ2) is 8.02. The summed E-state index contributed by atoms with van der Waals surface area (Å²) in [7, 11) is 1.79. The summed E-state index contributed by atoms with van der Waals surface area (Å²) in [5.41, 5.74) is 2.33. The molecule has 0 radical (unpaired) electrons. The smallest absolute Gasteiger partial charge is 0.257 e. The van der Waals surface area contributed by atoms with Crippen LogP contribution < -0.4 is 0 Å². The van der Waals surface area contributed by atoms with E-state index in [2.05, 4.69) is 13.8 Å². The van der Waals surface area contributed by atoms with Gasteiger partial charge in [0.2, 0.25) is 0 Å². The molecule has 0 spiro atoms. The fourth-order valence-electron chi connectivity index (χ4n) is 3.16. The molecular formula is C20H31NO3. The van der Waals surface area contributed by atoms with Gasteiger partial charge >= 0.3 is 0 Å². The highest BCUT2D eigenvalue weighted by Crippen LogP contribution is 2.33. The van der Waals surface area contributed by atoms with Gasteiger partial charge in [0.05, 0.1) is 11.7 Å². The quantitative estimate of drug-likeness (QED) is 0.875. The minimum absolute atomic E-state index is 0.104. The third kappa shape index (κ3) is 4.29. The first-order valence-corrected chi connectivity index (χ1v) is 9.05. The second-order valence-electron chi connectivity index (χ2n) is 7.49. The largest absolute Gasteiger partial charge is 0.507 e. The van der Waals surface area contributed by atoms with Gasteiger partial charge in [-0.1, -0.05) is 33.8 Å². The molecule has 1 aliphatic rings. The van der Waals surface area contributed by atoms with Crippen molar-refractivity contribution in [2.24, 2.45) is 0 Å². The van der Waals surface area contributed by atoms with Gasteiger partial charge in [0.25, 0.3) is 5.91 Å². The van der Waals surface area contributed by atoms with E-state index < -0.39 is 0 Å². The average Bonchev–Trinajstić information content (AvgIpc) is 2.54. The summed E-state index contributed by atoms with van der Waals surface area (Å²) >= 11 is 0. The van der Waals surface area contributed by atoms with Crippen LogP contribution >= 0.6 is 0 Å². The van der Waals surface area contributed by atoms with E-state index >= 15 is 0 Å². The molecule has 1 heterocycles. The number of ether oxygens (including phenoxy) is 1. The van der Waals surface area contributed by atoms with Gasteiger partial charge in [-0.25, -0.2) is 0 Å². The molecule has 2 rings (SSSR count). The lowest BCUT2D eigenvalue weighted by atomic mass is 9.91. The van der Waals surface area contributed by atoms with Gasteiger partial charge in [0.15, 0.2) is 0 Å². The second-order valence-corrected chi connectivity index (χ2v) is 7.49. The Morgan fingerprint density at radius 1 is 1.25 bits per heavy atom. The Bertz CT molecular complexity index is 574. The zero-order valence-corrected chi connectivity index (χ0v) is 15.6. The van der Waals surface area contributed by atoms with Crippen molar-refractivity contribution in [3.63, 3.8) is 0 Å². The minimum atomic E-state index is -0.133. The minimum Gasteiger partial charge on any atom is -0.507 e. The van der Waals surface area contributed by atoms with Crippen molar-refractivity contribution in [2.75, 3.05) is 20.2 Å². The predicted octanol–water partition coefficient (Wildman–Crippen LogP) is 4.28. The fraction of sp³-hybridized carbons (Fsp3) is 0.650. The molecule has 4 heteroatoms. The summed E-state index contributed by atoms with van der Waals surface area (Å²) in [4.78, 5) is 14.6. The average molecular weight is 333 g/mol. The van der Waals surface area contributed by atoms with E-state index in [9.17, 15) is 9.90 Å². The molecule has 0 saturated carbocycles. The number of hydrogen-bond acceptors (Lipinski definition) is 3. The highest BCUT2D eigenvalue weighted by Gasteiger charge is 2.24. The maximum absolute atomic E-state index is 12.9. The normalized spacial score (nSPS) is 18.2. The lowest BCUT2D eigenvalue weighted by Gasteiger charge is -2.28. The lowest BCUT2D eigenvalue weighted by molar-refractivity contribution is -0.000245. The van der Waals surface area contributed by atoms with Crippen molar-refractivity contribution in [1.82, 2.24) is 4.90 Å². The molecule has 0 aromatic heterocycles. The molecule has 1 amide bonds. The highest BCUT2D eigenvalue weighted by molar-refractivity contribution is 5.97. The van der Waals surface area contributed by atoms with Crippen molar-refractivity contribution < 1.29 is 14.6 Å². The Morgan fingerprint density at radius 3 is 2.50 bits per heavy atom. The number of carbonyl (C=O) groups excluding carboxylic acids is 1. The number of hydrogen-bond donors (Lipinski definition) is 1. The van der Waals surface area contributed by atoms with Crippen LogP contribution in [-0.4, -0.2) is 42.2 Å². The van der Waals surface area contributed by atoms with Crippen LogP contribution in [0.2, 0.25) is 0 Å². The Labute approximate surface area is 145 Å². The molecule has 1 atom stereocenters. The molecule has 24 heavy (non-hydrogen) atoms. The van der Waals surface area contributed by atoms with Crippen LogP contribution in [0, 0.1) is 0 Å². The van der Waals surface area contributed by atoms with Crippen molar-refractivity contribution in [3.05, 3.63) is 28.8 Å². The van der Waals surface area contributed by atoms with Crippen LogP contribution in [0.15, 0.2) is 12.1 Å². The first kappa shape index (κ1) is 18.8. The first-order chi connectivity index (χ1) is 11.3. The third-order valence-electron chi connectivity index (χ3n) is 4.78. The van der Waals surface area contributed by atoms with Crippen LogP contribution in [0.4, 0.5) is 0 Å². The Hall–Kier alpha value is -1.55. The van der Waals surface area contributed by atoms with Gasteiger partial charge in [0.1, 0.15) is 5.75 Å². The molecule has 0 aliphatic carbocycles. The number of benzene rings is 1. The SMILES string of the molecule is CC(C)c1cc(C(=O)N(C)C[C@@H]2CCCCO2)c(O)c(C(C)C)c1. The third-order valence-corrected chi connectivity index (χ3v) is 4.78. The van der Waals surface area contributed by atoms with Crippen molar-refractivity contribution in [3.8, 4) is 5.75 Å². The Kier molecular flexibility index (Phi) is 6.27. The van der Waals surface area contributed by atoms with E-state index in [4.69, 9.17) is 4.74 Å². The summed E-state index contributed by atoms with van der Waals surface area (Å²) in [5.74, 6) is 0.464. The topological polar surface area (TPSA) is 49.8 Å². The lowest BCUT2D eigenvalue weighted by Crippen LogP contribution is -2.37. The number of aromatic hydroxyl groups is 1. The number of likely N-dealkylation sites (N-methyl/N-ethyl adjacent to an activating group) is 1. The van der Waals surface area contributed by atoms with Gasteiger partial charge in [-0.15, -0.1) is 0 Å². The van der Waals surface area contributed by atoms with E-state index in [0.29, 0.717) is 18.0 Å². The van der Waals surface area contributed by atoms with Crippen molar-refractivity contribution in [1.29, 1.82) is 0 Å². The summed E-state index contributed by atoms with van der Waals surface area (Å²) in [6, 6.07) is 3.86. The Balaban J connectivity index is 2.26. The summed E-state index contributed by atoms with van der Waals surface area (Å²) < 4.78 is 5.73. The van der Waals surface area contributed by atoms with Gasteiger partial charge in [-0.3, -0.25) is 4.79 Å². The van der Waals surface area contributed by atoms with E-state index in [1.54, 1.807) is 11.9 Å². The van der Waals surface area contributed by atoms with E-state index in [0.717, 1.165) is 37.0 Å². The van der Waals surface area contributed by atoms with Gasteiger partial charge < -0.3 is 14.7 Å². The number of carbonyl (C=O) groups is 1. The summed E-state index contributed by atoms with van der Waals surface area (Å²) in [5, 5.41) is 10.6. The predicted molar refractivity (Wildman–Crippen MR) is 96.8 cm³/mol. The van der Waals surface area contributed by atoms with Crippen LogP contribution in [0.3, 0.4) is 0 Å². The van der Waals surface area contributed by atoms with Crippen LogP contribution in [0.5, 0.6) is 5.75 Å². The maximum atomic E-state index is 12.9.